The molecule has 8 nitrogen and oxygen atoms in total. The number of esters is 1. The molecule has 3 aromatic rings. The minimum atomic E-state index is -3.99. The van der Waals surface area contributed by atoms with Gasteiger partial charge in [0.15, 0.2) is 0 Å². The molecule has 1 aliphatic rings. The third-order valence-corrected chi connectivity index (χ3v) is 8.35. The van der Waals surface area contributed by atoms with E-state index >= 15 is 0 Å². The number of nitrogens with one attached hydrogen (secondary N) is 2. The standard InChI is InChI=1S/C25H26N2O6S2/c1-3-33-25(29)16-8-14-19(15-9-16)35(30,31)27-24-22(20-6-4-5-7-21(20)34-24)23(28)26-17-10-12-18(32-2)13-11-17/h8-15,27H,3-7H2,1-2H3,(H,26,28). The number of benzene rings is 2. The Morgan fingerprint density at radius 3 is 2.34 bits per heavy atom. The number of hydrogen-bond donors (Lipinski definition) is 2. The number of rotatable bonds is 8. The van der Waals surface area contributed by atoms with Crippen molar-refractivity contribution >= 4 is 43.9 Å². The van der Waals surface area contributed by atoms with Gasteiger partial charge in [-0.15, -0.1) is 11.3 Å². The van der Waals surface area contributed by atoms with Gasteiger partial charge in [-0.05, 0) is 86.7 Å². The highest BCUT2D eigenvalue weighted by atomic mass is 32.2. The summed E-state index contributed by atoms with van der Waals surface area (Å²) in [6.07, 6.45) is 3.45. The average molecular weight is 515 g/mol. The second kappa shape index (κ2) is 10.5. The number of fused-ring (bicyclic) bond motifs is 1. The van der Waals surface area contributed by atoms with E-state index < -0.39 is 16.0 Å². The van der Waals surface area contributed by atoms with Crippen LogP contribution in [0.3, 0.4) is 0 Å². The molecule has 1 amide bonds. The van der Waals surface area contributed by atoms with E-state index in [1.54, 1.807) is 38.3 Å². The quantitative estimate of drug-likeness (QED) is 0.415. The number of thiophene rings is 1. The molecule has 0 unspecified atom stereocenters. The third-order valence-electron chi connectivity index (χ3n) is 5.65. The predicted octanol–water partition coefficient (Wildman–Crippen LogP) is 4.87. The topological polar surface area (TPSA) is 111 Å². The van der Waals surface area contributed by atoms with Crippen LogP contribution in [0.4, 0.5) is 10.7 Å². The highest BCUT2D eigenvalue weighted by molar-refractivity contribution is 7.93. The van der Waals surface area contributed by atoms with Crippen molar-refractivity contribution in [3.63, 3.8) is 0 Å². The Balaban J connectivity index is 1.62. The van der Waals surface area contributed by atoms with Gasteiger partial charge in [-0.1, -0.05) is 0 Å². The van der Waals surface area contributed by atoms with Gasteiger partial charge < -0.3 is 14.8 Å². The first kappa shape index (κ1) is 24.7. The summed E-state index contributed by atoms with van der Waals surface area (Å²) in [7, 11) is -2.43. The second-order valence-corrected chi connectivity index (χ2v) is 10.7. The number of methoxy groups -OCH3 is 1. The molecule has 1 aliphatic carbocycles. The number of carbonyl (C=O) groups is 2. The molecule has 0 atom stereocenters. The first-order valence-corrected chi connectivity index (χ1v) is 13.5. The minimum absolute atomic E-state index is 0.0153. The maximum Gasteiger partial charge on any atom is 0.338 e. The summed E-state index contributed by atoms with van der Waals surface area (Å²) in [5.74, 6) is -0.226. The van der Waals surface area contributed by atoms with Crippen molar-refractivity contribution in [2.45, 2.75) is 37.5 Å². The van der Waals surface area contributed by atoms with Crippen LogP contribution in [0.5, 0.6) is 5.75 Å². The fourth-order valence-corrected chi connectivity index (χ4v) is 6.50. The van der Waals surface area contributed by atoms with Crippen LogP contribution in [0.2, 0.25) is 0 Å². The summed E-state index contributed by atoms with van der Waals surface area (Å²) in [5, 5.41) is 3.16. The third kappa shape index (κ3) is 5.49. The first-order chi connectivity index (χ1) is 16.8. The molecule has 2 aromatic carbocycles. The van der Waals surface area contributed by atoms with E-state index in [2.05, 4.69) is 10.0 Å². The zero-order valence-corrected chi connectivity index (χ0v) is 21.1. The molecular weight excluding hydrogens is 488 g/mol. The molecule has 0 radical (unpaired) electrons. The van der Waals surface area contributed by atoms with E-state index in [9.17, 15) is 18.0 Å². The summed E-state index contributed by atoms with van der Waals surface area (Å²) in [5.41, 5.74) is 2.08. The van der Waals surface area contributed by atoms with E-state index in [-0.39, 0.29) is 28.0 Å². The molecule has 1 aromatic heterocycles. The number of amides is 1. The van der Waals surface area contributed by atoms with Gasteiger partial charge in [0.2, 0.25) is 0 Å². The summed E-state index contributed by atoms with van der Waals surface area (Å²) in [4.78, 5) is 26.2. The summed E-state index contributed by atoms with van der Waals surface area (Å²) in [6, 6.07) is 12.4. The monoisotopic (exact) mass is 514 g/mol. The van der Waals surface area contributed by atoms with Gasteiger partial charge in [0.25, 0.3) is 15.9 Å². The summed E-state index contributed by atoms with van der Waals surface area (Å²) in [6.45, 7) is 1.93. The summed E-state index contributed by atoms with van der Waals surface area (Å²) >= 11 is 1.30. The molecule has 10 heteroatoms. The lowest BCUT2D eigenvalue weighted by Crippen LogP contribution is -2.19. The minimum Gasteiger partial charge on any atom is -0.497 e. The number of sulfonamides is 1. The Bertz CT molecular complexity index is 1330. The van der Waals surface area contributed by atoms with Crippen LogP contribution in [0.1, 0.15) is 50.9 Å². The maximum absolute atomic E-state index is 13.3. The Labute approximate surface area is 208 Å². The number of anilines is 2. The lowest BCUT2D eigenvalue weighted by atomic mass is 9.95. The van der Waals surface area contributed by atoms with Gasteiger partial charge in [-0.25, -0.2) is 13.2 Å². The molecule has 0 fully saturated rings. The molecule has 0 aliphatic heterocycles. The molecular formula is C25H26N2O6S2. The van der Waals surface area contributed by atoms with Crippen LogP contribution in [0, 0.1) is 0 Å². The Morgan fingerprint density at radius 2 is 1.69 bits per heavy atom. The molecule has 0 bridgehead atoms. The summed E-state index contributed by atoms with van der Waals surface area (Å²) < 4.78 is 39.0. The van der Waals surface area contributed by atoms with Crippen LogP contribution in [-0.2, 0) is 27.6 Å². The van der Waals surface area contributed by atoms with E-state index in [4.69, 9.17) is 9.47 Å². The van der Waals surface area contributed by atoms with Gasteiger partial charge in [0, 0.05) is 10.6 Å². The first-order valence-electron chi connectivity index (χ1n) is 11.2. The molecule has 0 saturated carbocycles. The fraction of sp³-hybridized carbons (Fsp3) is 0.280. The van der Waals surface area contributed by atoms with Gasteiger partial charge in [0.1, 0.15) is 10.8 Å². The van der Waals surface area contributed by atoms with Gasteiger partial charge in [0.05, 0.1) is 29.7 Å². The van der Waals surface area contributed by atoms with Crippen molar-refractivity contribution in [1.29, 1.82) is 0 Å². The molecule has 0 spiro atoms. The SMILES string of the molecule is CCOC(=O)c1ccc(S(=O)(=O)Nc2sc3c(c2C(=O)Nc2ccc(OC)cc2)CCCC3)cc1. The van der Waals surface area contributed by atoms with E-state index in [0.29, 0.717) is 23.4 Å². The molecule has 4 rings (SSSR count). The van der Waals surface area contributed by atoms with Crippen molar-refractivity contribution in [2.75, 3.05) is 23.8 Å². The largest absolute Gasteiger partial charge is 0.497 e. The molecule has 35 heavy (non-hydrogen) atoms. The lowest BCUT2D eigenvalue weighted by Gasteiger charge is -2.14. The van der Waals surface area contributed by atoms with Crippen LogP contribution in [0.25, 0.3) is 0 Å². The molecule has 2 N–H and O–H groups in total. The second-order valence-electron chi connectivity index (χ2n) is 7.95. The highest BCUT2D eigenvalue weighted by Crippen LogP contribution is 2.39. The Morgan fingerprint density at radius 1 is 1.00 bits per heavy atom. The highest BCUT2D eigenvalue weighted by Gasteiger charge is 2.28. The average Bonchev–Trinajstić information content (AvgIpc) is 3.22. The maximum atomic E-state index is 13.3. The van der Waals surface area contributed by atoms with Crippen molar-refractivity contribution in [3.05, 3.63) is 70.1 Å². The predicted molar refractivity (Wildman–Crippen MR) is 135 cm³/mol. The van der Waals surface area contributed by atoms with Crippen LogP contribution in [0.15, 0.2) is 53.4 Å². The van der Waals surface area contributed by atoms with Crippen molar-refractivity contribution < 1.29 is 27.5 Å². The molecule has 1 heterocycles. The van der Waals surface area contributed by atoms with E-state index in [1.807, 2.05) is 0 Å². The smallest absolute Gasteiger partial charge is 0.338 e. The van der Waals surface area contributed by atoms with Crippen molar-refractivity contribution in [1.82, 2.24) is 0 Å². The fourth-order valence-electron chi connectivity index (χ4n) is 3.91. The van der Waals surface area contributed by atoms with Crippen LogP contribution < -0.4 is 14.8 Å². The van der Waals surface area contributed by atoms with E-state index in [1.165, 1.54) is 35.6 Å². The van der Waals surface area contributed by atoms with Crippen molar-refractivity contribution in [2.24, 2.45) is 0 Å². The Kier molecular flexibility index (Phi) is 7.42. The van der Waals surface area contributed by atoms with Gasteiger partial charge >= 0.3 is 5.97 Å². The molecule has 0 saturated heterocycles. The van der Waals surface area contributed by atoms with Gasteiger partial charge in [-0.3, -0.25) is 9.52 Å². The van der Waals surface area contributed by atoms with Crippen molar-refractivity contribution in [3.8, 4) is 5.75 Å². The number of hydrogen-bond acceptors (Lipinski definition) is 7. The van der Waals surface area contributed by atoms with Crippen LogP contribution in [-0.4, -0.2) is 34.0 Å². The van der Waals surface area contributed by atoms with Gasteiger partial charge in [-0.2, -0.15) is 0 Å². The van der Waals surface area contributed by atoms with Crippen LogP contribution >= 0.6 is 11.3 Å². The zero-order chi connectivity index (χ0) is 25.0. The normalized spacial score (nSPS) is 13.0. The lowest BCUT2D eigenvalue weighted by molar-refractivity contribution is 0.0526. The number of carbonyl (C=O) groups excluding carboxylic acids is 2. The van der Waals surface area contributed by atoms with E-state index in [0.717, 1.165) is 29.7 Å². The molecule has 184 valence electrons. The number of ether oxygens (including phenoxy) is 2. The Hall–Kier alpha value is -3.37. The zero-order valence-electron chi connectivity index (χ0n) is 19.4. The number of aryl methyl sites for hydroxylation is 1.